The molecule has 1 fully saturated rings. The number of aromatic nitrogens is 2. The Morgan fingerprint density at radius 2 is 1.96 bits per heavy atom. The Balaban J connectivity index is 1.62. The Hall–Kier alpha value is -1.69. The first-order chi connectivity index (χ1) is 12.0. The third kappa shape index (κ3) is 3.12. The fourth-order valence-electron chi connectivity index (χ4n) is 4.41. The van der Waals surface area contributed by atoms with Crippen LogP contribution >= 0.6 is 11.3 Å². The van der Waals surface area contributed by atoms with Crippen LogP contribution in [-0.4, -0.2) is 33.4 Å². The molecular weight excluding hydrogens is 334 g/mol. The molecule has 134 valence electrons. The van der Waals surface area contributed by atoms with Gasteiger partial charge >= 0.3 is 0 Å². The molecule has 0 bridgehead atoms. The zero-order chi connectivity index (χ0) is 17.6. The first-order valence-corrected chi connectivity index (χ1v) is 10.1. The van der Waals surface area contributed by atoms with Crippen LogP contribution in [0.15, 0.2) is 11.1 Å². The molecule has 0 spiro atoms. The second kappa shape index (κ2) is 6.56. The van der Waals surface area contributed by atoms with Crippen LogP contribution in [0.2, 0.25) is 0 Å². The lowest BCUT2D eigenvalue weighted by molar-refractivity contribution is -0.134. The summed E-state index contributed by atoms with van der Waals surface area (Å²) in [6.07, 6.45) is 7.07. The lowest BCUT2D eigenvalue weighted by Gasteiger charge is -2.35. The highest BCUT2D eigenvalue weighted by molar-refractivity contribution is 7.18. The van der Waals surface area contributed by atoms with Crippen molar-refractivity contribution in [3.63, 3.8) is 0 Å². The number of hydrogen-bond acceptors (Lipinski definition) is 4. The molecule has 2 aliphatic rings. The summed E-state index contributed by atoms with van der Waals surface area (Å²) in [5, 5.41) is 0.760. The molecule has 0 radical (unpaired) electrons. The Morgan fingerprint density at radius 3 is 2.72 bits per heavy atom. The maximum atomic E-state index is 13.0. The van der Waals surface area contributed by atoms with Crippen molar-refractivity contribution in [1.82, 2.24) is 14.5 Å². The van der Waals surface area contributed by atoms with E-state index in [0.717, 1.165) is 49.0 Å². The molecule has 1 saturated heterocycles. The molecule has 0 saturated carbocycles. The highest BCUT2D eigenvalue weighted by Gasteiger charge is 2.26. The molecule has 4 rings (SSSR count). The highest BCUT2D eigenvalue weighted by Crippen LogP contribution is 2.33. The van der Waals surface area contributed by atoms with Gasteiger partial charge in [-0.2, -0.15) is 0 Å². The maximum Gasteiger partial charge on any atom is 0.262 e. The van der Waals surface area contributed by atoms with Gasteiger partial charge in [-0.1, -0.05) is 13.8 Å². The lowest BCUT2D eigenvalue weighted by Crippen LogP contribution is -2.44. The van der Waals surface area contributed by atoms with Crippen LogP contribution in [0.5, 0.6) is 0 Å². The van der Waals surface area contributed by atoms with Crippen LogP contribution in [0.4, 0.5) is 0 Å². The predicted molar refractivity (Wildman–Crippen MR) is 100 cm³/mol. The fourth-order valence-corrected chi connectivity index (χ4v) is 5.63. The van der Waals surface area contributed by atoms with Crippen molar-refractivity contribution in [2.24, 2.45) is 11.8 Å². The number of rotatable bonds is 2. The van der Waals surface area contributed by atoms with E-state index in [1.807, 2.05) is 4.90 Å². The number of carbonyl (C=O) groups is 1. The largest absolute Gasteiger partial charge is 0.341 e. The quantitative estimate of drug-likeness (QED) is 0.828. The summed E-state index contributed by atoms with van der Waals surface area (Å²) >= 11 is 1.65. The van der Waals surface area contributed by atoms with Crippen molar-refractivity contribution in [1.29, 1.82) is 0 Å². The van der Waals surface area contributed by atoms with Crippen molar-refractivity contribution < 1.29 is 4.79 Å². The van der Waals surface area contributed by atoms with Crippen molar-refractivity contribution in [3.05, 3.63) is 27.1 Å². The minimum Gasteiger partial charge on any atom is -0.341 e. The third-order valence-corrected chi connectivity index (χ3v) is 6.67. The number of fused-ring (bicyclic) bond motifs is 3. The Morgan fingerprint density at radius 1 is 1.24 bits per heavy atom. The van der Waals surface area contributed by atoms with Crippen LogP contribution in [0, 0.1) is 11.8 Å². The fraction of sp³-hybridized carbons (Fsp3) is 0.632. The van der Waals surface area contributed by atoms with Gasteiger partial charge in [-0.05, 0) is 49.5 Å². The monoisotopic (exact) mass is 359 g/mol. The Bertz CT molecular complexity index is 859. The van der Waals surface area contributed by atoms with Crippen molar-refractivity contribution in [2.75, 3.05) is 13.1 Å². The number of likely N-dealkylation sites (tertiary alicyclic amines) is 1. The summed E-state index contributed by atoms with van der Waals surface area (Å²) in [7, 11) is 0. The van der Waals surface area contributed by atoms with Crippen LogP contribution in [0.1, 0.15) is 43.6 Å². The molecule has 2 atom stereocenters. The molecule has 6 heteroatoms. The average Bonchev–Trinajstić information content (AvgIpc) is 2.95. The van der Waals surface area contributed by atoms with E-state index in [1.54, 1.807) is 17.7 Å². The van der Waals surface area contributed by atoms with E-state index in [2.05, 4.69) is 18.8 Å². The van der Waals surface area contributed by atoms with Crippen LogP contribution in [0.25, 0.3) is 10.2 Å². The van der Waals surface area contributed by atoms with E-state index in [4.69, 9.17) is 0 Å². The van der Waals surface area contributed by atoms with Gasteiger partial charge in [-0.15, -0.1) is 11.3 Å². The van der Waals surface area contributed by atoms with E-state index in [1.165, 1.54) is 21.4 Å². The third-order valence-electron chi connectivity index (χ3n) is 5.47. The smallest absolute Gasteiger partial charge is 0.262 e. The molecule has 0 aromatic carbocycles. The van der Waals surface area contributed by atoms with E-state index in [-0.39, 0.29) is 18.0 Å². The van der Waals surface area contributed by atoms with Gasteiger partial charge in [0.05, 0.1) is 11.7 Å². The molecule has 2 aromatic heterocycles. The van der Waals surface area contributed by atoms with Gasteiger partial charge in [0.1, 0.15) is 11.4 Å². The highest BCUT2D eigenvalue weighted by atomic mass is 32.1. The number of nitrogens with zero attached hydrogens (tertiary/aromatic N) is 3. The SMILES string of the molecule is C[C@@H]1C[C@@H](C)CN(C(=O)Cn2cnc3sc4c(c3c2=O)CCCC4)C1. The molecule has 25 heavy (non-hydrogen) atoms. The summed E-state index contributed by atoms with van der Waals surface area (Å²) in [6.45, 7) is 6.06. The van der Waals surface area contributed by atoms with Crippen molar-refractivity contribution in [2.45, 2.75) is 52.5 Å². The Labute approximate surface area is 151 Å². The summed E-state index contributed by atoms with van der Waals surface area (Å²) in [4.78, 5) is 34.2. The van der Waals surface area contributed by atoms with Crippen LogP contribution in [0.3, 0.4) is 0 Å². The molecular formula is C19H25N3O2S. The average molecular weight is 359 g/mol. The second-order valence-corrected chi connectivity index (χ2v) is 8.90. The van der Waals surface area contributed by atoms with Crippen molar-refractivity contribution >= 4 is 27.5 Å². The summed E-state index contributed by atoms with van der Waals surface area (Å²) < 4.78 is 1.51. The predicted octanol–water partition coefficient (Wildman–Crippen LogP) is 2.84. The van der Waals surface area contributed by atoms with Gasteiger partial charge < -0.3 is 4.90 Å². The van der Waals surface area contributed by atoms with Gasteiger partial charge in [0.2, 0.25) is 5.91 Å². The normalized spacial score (nSPS) is 23.7. The minimum atomic E-state index is -0.0455. The maximum absolute atomic E-state index is 13.0. The van der Waals surface area contributed by atoms with Crippen molar-refractivity contribution in [3.8, 4) is 0 Å². The standard InChI is InChI=1S/C19H25N3O2S/c1-12-7-13(2)9-21(8-12)16(23)10-22-11-20-18-17(19(22)24)14-5-3-4-6-15(14)25-18/h11-13H,3-10H2,1-2H3/t12-,13-/m1/s1. The van der Waals surface area contributed by atoms with Gasteiger partial charge in [0, 0.05) is 18.0 Å². The number of thiophene rings is 1. The zero-order valence-electron chi connectivity index (χ0n) is 15.0. The molecule has 5 nitrogen and oxygen atoms in total. The van der Waals surface area contributed by atoms with E-state index < -0.39 is 0 Å². The molecule has 1 amide bonds. The molecule has 0 N–H and O–H groups in total. The first kappa shape index (κ1) is 16.8. The zero-order valence-corrected chi connectivity index (χ0v) is 15.8. The molecule has 0 unspecified atom stereocenters. The number of amides is 1. The molecule has 3 heterocycles. The lowest BCUT2D eigenvalue weighted by atomic mass is 9.92. The first-order valence-electron chi connectivity index (χ1n) is 9.30. The minimum absolute atomic E-state index is 0.0331. The molecule has 1 aliphatic heterocycles. The molecule has 2 aromatic rings. The van der Waals surface area contributed by atoms with Gasteiger partial charge in [-0.25, -0.2) is 4.98 Å². The van der Waals surface area contributed by atoms with E-state index in [0.29, 0.717) is 11.8 Å². The molecule has 1 aliphatic carbocycles. The van der Waals surface area contributed by atoms with E-state index in [9.17, 15) is 9.59 Å². The number of carbonyl (C=O) groups excluding carboxylic acids is 1. The summed E-state index contributed by atoms with van der Waals surface area (Å²) in [5.41, 5.74) is 1.14. The van der Waals surface area contributed by atoms with Crippen LogP contribution < -0.4 is 5.56 Å². The summed E-state index contributed by atoms with van der Waals surface area (Å²) in [6, 6.07) is 0. The number of piperidine rings is 1. The second-order valence-electron chi connectivity index (χ2n) is 7.81. The van der Waals surface area contributed by atoms with Gasteiger partial charge in [0.25, 0.3) is 5.56 Å². The Kier molecular flexibility index (Phi) is 4.40. The van der Waals surface area contributed by atoms with E-state index >= 15 is 0 Å². The summed E-state index contributed by atoms with van der Waals surface area (Å²) in [5.74, 6) is 1.08. The number of hydrogen-bond donors (Lipinski definition) is 0. The van der Waals surface area contributed by atoms with Gasteiger partial charge in [-0.3, -0.25) is 14.2 Å². The topological polar surface area (TPSA) is 55.2 Å². The van der Waals surface area contributed by atoms with Gasteiger partial charge in [0.15, 0.2) is 0 Å². The van der Waals surface area contributed by atoms with Crippen LogP contribution in [-0.2, 0) is 24.2 Å². The number of aryl methyl sites for hydroxylation is 2.